The van der Waals surface area contributed by atoms with Crippen LogP contribution in [-0.2, 0) is 10.2 Å². The van der Waals surface area contributed by atoms with Crippen molar-refractivity contribution in [1.29, 1.82) is 0 Å². The van der Waals surface area contributed by atoms with Crippen LogP contribution in [-0.4, -0.2) is 26.6 Å². The topological polar surface area (TPSA) is 109 Å². The molecule has 8 atom stereocenters. The van der Waals surface area contributed by atoms with Gasteiger partial charge in [0.1, 0.15) is 23.0 Å². The number of aryl methyl sites for hydroxylation is 3. The van der Waals surface area contributed by atoms with Gasteiger partial charge in [0, 0.05) is 17.8 Å². The van der Waals surface area contributed by atoms with Crippen LogP contribution in [0.3, 0.4) is 0 Å². The summed E-state index contributed by atoms with van der Waals surface area (Å²) in [5, 5.41) is 29.1. The standard InChI is InChI=1S/C24H28O2.C10H14O.C7H8O.CH4.ClH.H2O/c1-14-10-17(6-8-22(14)25)24(18-7-9-23(26)15(2)11-18)13-16-12-21(24)20-5-3-4-19(16)20;11-10-5-6-4-9(10)8-3-1-2-7(6)8;1-6-4-2-3-5-7(6)8;;;/h6-11,16,19-21,25-26H,3-5,12-13H2,1-2H3;6-9H,1-5H2;2-5,8H,1H3;1H4;1H;1H2. The van der Waals surface area contributed by atoms with Crippen molar-refractivity contribution in [3.8, 4) is 17.2 Å². The number of halogens is 1. The van der Waals surface area contributed by atoms with Crippen LogP contribution in [0.25, 0.3) is 0 Å². The molecule has 0 radical (unpaired) electrons. The molecule has 6 saturated carbocycles. The summed E-state index contributed by atoms with van der Waals surface area (Å²) in [4.78, 5) is 11.4. The number of aromatic hydroxyl groups is 3. The van der Waals surface area contributed by atoms with E-state index in [1.54, 1.807) is 6.07 Å². The largest absolute Gasteiger partial charge is 0.508 e. The minimum absolute atomic E-state index is 0. The van der Waals surface area contributed by atoms with Crippen molar-refractivity contribution in [2.75, 3.05) is 0 Å². The molecule has 0 amide bonds. The maximum Gasteiger partial charge on any atom is 0.136 e. The molecular weight excluding hydrogens is 620 g/mol. The maximum absolute atomic E-state index is 11.4. The molecule has 0 heterocycles. The van der Waals surface area contributed by atoms with E-state index in [2.05, 4.69) is 24.3 Å². The molecule has 6 heteroatoms. The summed E-state index contributed by atoms with van der Waals surface area (Å²) in [6.07, 6.45) is 13.1. The zero-order valence-electron chi connectivity index (χ0n) is 28.1. The summed E-state index contributed by atoms with van der Waals surface area (Å²) < 4.78 is 0. The van der Waals surface area contributed by atoms with Gasteiger partial charge in [0.25, 0.3) is 0 Å². The first kappa shape index (κ1) is 37.8. The van der Waals surface area contributed by atoms with Crippen molar-refractivity contribution in [3.63, 3.8) is 0 Å². The Morgan fingerprint density at radius 3 is 1.71 bits per heavy atom. The van der Waals surface area contributed by atoms with Gasteiger partial charge in [0.15, 0.2) is 0 Å². The van der Waals surface area contributed by atoms with Crippen molar-refractivity contribution in [2.45, 2.75) is 97.8 Å². The summed E-state index contributed by atoms with van der Waals surface area (Å²) in [5.74, 6) is 8.17. The summed E-state index contributed by atoms with van der Waals surface area (Å²) in [6.45, 7) is 5.87. The number of hydrogen-bond donors (Lipinski definition) is 3. The van der Waals surface area contributed by atoms with Crippen LogP contribution < -0.4 is 0 Å². The van der Waals surface area contributed by atoms with Crippen LogP contribution >= 0.6 is 12.4 Å². The van der Waals surface area contributed by atoms with Crippen LogP contribution in [0.5, 0.6) is 17.2 Å². The molecule has 0 aromatic heterocycles. The predicted octanol–water partition coefficient (Wildman–Crippen LogP) is 9.40. The smallest absolute Gasteiger partial charge is 0.136 e. The molecule has 48 heavy (non-hydrogen) atoms. The number of benzene rings is 3. The Balaban J connectivity index is 0.000000195. The van der Waals surface area contributed by atoms with E-state index >= 15 is 0 Å². The number of ketones is 1. The molecule has 0 aliphatic heterocycles. The molecule has 4 bridgehead atoms. The third-order valence-corrected chi connectivity index (χ3v) is 13.2. The molecule has 6 aliphatic rings. The van der Waals surface area contributed by atoms with Crippen molar-refractivity contribution < 1.29 is 25.6 Å². The third-order valence-electron chi connectivity index (χ3n) is 13.2. The Hall–Kier alpha value is -3.02. The van der Waals surface area contributed by atoms with Crippen LogP contribution in [0.4, 0.5) is 0 Å². The number of phenolic OH excluding ortho intramolecular Hbond substituents is 3. The Kier molecular flexibility index (Phi) is 11.7. The molecule has 9 rings (SSSR count). The van der Waals surface area contributed by atoms with Gasteiger partial charge in [-0.2, -0.15) is 0 Å². The number of fused-ring (bicyclic) bond motifs is 10. The highest BCUT2D eigenvalue weighted by atomic mass is 35.5. The summed E-state index contributed by atoms with van der Waals surface area (Å²) >= 11 is 0. The zero-order valence-corrected chi connectivity index (χ0v) is 28.9. The van der Waals surface area contributed by atoms with E-state index in [-0.39, 0.29) is 30.7 Å². The first-order valence-corrected chi connectivity index (χ1v) is 17.5. The van der Waals surface area contributed by atoms with Crippen LogP contribution in [0.1, 0.15) is 99.5 Å². The van der Waals surface area contributed by atoms with Crippen LogP contribution in [0.15, 0.2) is 60.7 Å². The molecule has 5 N–H and O–H groups in total. The fourth-order valence-corrected chi connectivity index (χ4v) is 11.2. The second-order valence-electron chi connectivity index (χ2n) is 15.4. The molecule has 0 saturated heterocycles. The van der Waals surface area contributed by atoms with E-state index in [0.717, 1.165) is 58.6 Å². The van der Waals surface area contributed by atoms with Crippen molar-refractivity contribution in [3.05, 3.63) is 88.5 Å². The predicted molar refractivity (Wildman–Crippen MR) is 196 cm³/mol. The Morgan fingerprint density at radius 2 is 1.17 bits per heavy atom. The van der Waals surface area contributed by atoms with Gasteiger partial charge in [-0.1, -0.05) is 62.7 Å². The molecular formula is C42H57ClO5. The lowest BCUT2D eigenvalue weighted by Gasteiger charge is -2.44. The van der Waals surface area contributed by atoms with Gasteiger partial charge in [-0.25, -0.2) is 0 Å². The van der Waals surface area contributed by atoms with E-state index in [0.29, 0.717) is 34.9 Å². The Morgan fingerprint density at radius 1 is 0.646 bits per heavy atom. The number of hydrogen-bond acceptors (Lipinski definition) is 4. The number of Topliss-reactive ketones (excluding diaryl/α,β-unsaturated/α-hetero) is 1. The Bertz CT molecular complexity index is 1510. The monoisotopic (exact) mass is 676 g/mol. The minimum atomic E-state index is 0. The quantitative estimate of drug-likeness (QED) is 0.251. The molecule has 6 aliphatic carbocycles. The molecule has 3 aromatic rings. The Labute approximate surface area is 293 Å². The molecule has 8 unspecified atom stereocenters. The number of para-hydroxylation sites is 1. The minimum Gasteiger partial charge on any atom is -0.508 e. The lowest BCUT2D eigenvalue weighted by Crippen LogP contribution is -2.40. The highest BCUT2D eigenvalue weighted by Crippen LogP contribution is 2.68. The second-order valence-corrected chi connectivity index (χ2v) is 15.4. The van der Waals surface area contributed by atoms with E-state index in [9.17, 15) is 15.0 Å². The maximum atomic E-state index is 11.4. The molecule has 0 spiro atoms. The van der Waals surface area contributed by atoms with Gasteiger partial charge in [0.2, 0.25) is 0 Å². The number of phenols is 3. The summed E-state index contributed by atoms with van der Waals surface area (Å²) in [6, 6.07) is 19.7. The third kappa shape index (κ3) is 6.38. The summed E-state index contributed by atoms with van der Waals surface area (Å²) in [5.41, 5.74) is 5.60. The second kappa shape index (κ2) is 14.8. The van der Waals surface area contributed by atoms with Gasteiger partial charge >= 0.3 is 0 Å². The van der Waals surface area contributed by atoms with Gasteiger partial charge in [0.05, 0.1) is 0 Å². The lowest BCUT2D eigenvalue weighted by molar-refractivity contribution is -0.123. The molecule has 5 nitrogen and oxygen atoms in total. The zero-order chi connectivity index (χ0) is 31.5. The SMILES string of the molecule is C.Cc1cc(C2(c3ccc(O)c(C)c3)CC3CC2C2CCCC32)ccc1O.Cc1ccccc1O.Cl.O.O=C1CC2CC1C1CCCC21. The highest BCUT2D eigenvalue weighted by Gasteiger charge is 2.62. The average Bonchev–Trinajstić information content (AvgIpc) is 3.86. The number of carbonyl (C=O) groups excluding carboxylic acids is 1. The van der Waals surface area contributed by atoms with E-state index in [1.165, 1.54) is 68.9 Å². The normalized spacial score (nSPS) is 30.8. The van der Waals surface area contributed by atoms with Gasteiger partial charge in [-0.15, -0.1) is 12.4 Å². The molecule has 6 fully saturated rings. The number of carbonyl (C=O) groups is 1. The lowest BCUT2D eigenvalue weighted by atomic mass is 9.59. The van der Waals surface area contributed by atoms with Crippen molar-refractivity contribution in [1.82, 2.24) is 0 Å². The van der Waals surface area contributed by atoms with Crippen molar-refractivity contribution in [2.24, 2.45) is 47.3 Å². The first-order chi connectivity index (χ1) is 21.7. The van der Waals surface area contributed by atoms with Crippen molar-refractivity contribution >= 4 is 18.2 Å². The first-order valence-electron chi connectivity index (χ1n) is 17.5. The molecule has 262 valence electrons. The van der Waals surface area contributed by atoms with E-state index in [1.807, 2.05) is 51.1 Å². The van der Waals surface area contributed by atoms with Gasteiger partial charge in [-0.05, 0) is 153 Å². The highest BCUT2D eigenvalue weighted by molar-refractivity contribution is 5.85. The fraction of sp³-hybridized carbons (Fsp3) is 0.548. The molecule has 3 aromatic carbocycles. The van der Waals surface area contributed by atoms with Gasteiger partial charge in [-0.3, -0.25) is 4.79 Å². The number of rotatable bonds is 2. The average molecular weight is 677 g/mol. The van der Waals surface area contributed by atoms with Crippen LogP contribution in [0, 0.1) is 68.1 Å². The van der Waals surface area contributed by atoms with E-state index < -0.39 is 0 Å². The van der Waals surface area contributed by atoms with Gasteiger partial charge < -0.3 is 20.8 Å². The van der Waals surface area contributed by atoms with E-state index in [4.69, 9.17) is 5.11 Å². The fourth-order valence-electron chi connectivity index (χ4n) is 11.2. The van der Waals surface area contributed by atoms with Crippen LogP contribution in [0.2, 0.25) is 0 Å². The summed E-state index contributed by atoms with van der Waals surface area (Å²) in [7, 11) is 0.